The average molecular weight is 351 g/mol. The van der Waals surface area contributed by atoms with Crippen LogP contribution in [0.1, 0.15) is 5.56 Å². The summed E-state index contributed by atoms with van der Waals surface area (Å²) in [7, 11) is 1.54. The number of carbonyl (C=O) groups is 1. The fourth-order valence-corrected chi connectivity index (χ4v) is 2.51. The maximum absolute atomic E-state index is 10.7. The molecule has 2 N–H and O–H groups in total. The van der Waals surface area contributed by atoms with Crippen LogP contribution in [0.5, 0.6) is 11.6 Å². The van der Waals surface area contributed by atoms with E-state index in [9.17, 15) is 4.79 Å². The Hall–Kier alpha value is -3.61. The third-order valence-corrected chi connectivity index (χ3v) is 3.55. The molecule has 0 saturated heterocycles. The molecule has 3 rings (SSSR count). The summed E-state index contributed by atoms with van der Waals surface area (Å²) in [4.78, 5) is 19.1. The van der Waals surface area contributed by atoms with Crippen LogP contribution in [-0.4, -0.2) is 28.3 Å². The number of hydrogen-bond donors (Lipinski definition) is 2. The zero-order chi connectivity index (χ0) is 18.5. The van der Waals surface area contributed by atoms with Gasteiger partial charge in [-0.15, -0.1) is 0 Å². The van der Waals surface area contributed by atoms with Gasteiger partial charge in [0.1, 0.15) is 5.75 Å². The molecule has 0 fully saturated rings. The number of aromatic nitrogens is 2. The second kappa shape index (κ2) is 7.52. The van der Waals surface area contributed by atoms with E-state index in [1.807, 2.05) is 31.2 Å². The smallest absolute Gasteiger partial charge is 0.481 e. The normalized spacial score (nSPS) is 10.2. The van der Waals surface area contributed by atoms with E-state index in [2.05, 4.69) is 15.3 Å². The molecule has 7 heteroatoms. The Morgan fingerprint density at radius 3 is 2.73 bits per heavy atom. The molecule has 132 valence electrons. The number of rotatable bonds is 5. The monoisotopic (exact) mass is 351 g/mol. The predicted octanol–water partition coefficient (Wildman–Crippen LogP) is 4.26. The van der Waals surface area contributed by atoms with Crippen molar-refractivity contribution >= 4 is 17.8 Å². The minimum atomic E-state index is -1.34. The molecule has 0 radical (unpaired) electrons. The van der Waals surface area contributed by atoms with E-state index in [1.54, 1.807) is 37.6 Å². The van der Waals surface area contributed by atoms with E-state index in [1.165, 1.54) is 0 Å². The van der Waals surface area contributed by atoms with Crippen LogP contribution in [0, 0.1) is 6.92 Å². The number of aryl methyl sites for hydroxylation is 1. The molecule has 1 aromatic heterocycles. The SMILES string of the molecule is COc1ccnc(Nc2cc(C)cc(-c3cccc(OC(=O)O)c3)c2)n1. The fraction of sp³-hybridized carbons (Fsp3) is 0.105. The molecule has 26 heavy (non-hydrogen) atoms. The zero-order valence-electron chi connectivity index (χ0n) is 14.3. The number of carboxylic acid groups (broad SMARTS) is 1. The van der Waals surface area contributed by atoms with Crippen molar-refractivity contribution in [3.05, 3.63) is 60.3 Å². The molecule has 2 aromatic carbocycles. The Labute approximate surface area is 150 Å². The molecule has 0 unspecified atom stereocenters. The van der Waals surface area contributed by atoms with Crippen LogP contribution in [0.4, 0.5) is 16.4 Å². The van der Waals surface area contributed by atoms with Gasteiger partial charge in [-0.1, -0.05) is 18.2 Å². The van der Waals surface area contributed by atoms with Crippen LogP contribution in [0.25, 0.3) is 11.1 Å². The molecule has 0 spiro atoms. The quantitative estimate of drug-likeness (QED) is 0.524. The van der Waals surface area contributed by atoms with Gasteiger partial charge in [-0.05, 0) is 47.9 Å². The highest BCUT2D eigenvalue weighted by atomic mass is 16.7. The van der Waals surface area contributed by atoms with Crippen LogP contribution < -0.4 is 14.8 Å². The molecule has 0 aliphatic rings. The molecular weight excluding hydrogens is 334 g/mol. The van der Waals surface area contributed by atoms with Crippen LogP contribution in [0.3, 0.4) is 0 Å². The molecule has 0 aliphatic heterocycles. The lowest BCUT2D eigenvalue weighted by Gasteiger charge is -2.11. The van der Waals surface area contributed by atoms with E-state index in [-0.39, 0.29) is 5.75 Å². The van der Waals surface area contributed by atoms with Gasteiger partial charge in [-0.25, -0.2) is 9.78 Å². The van der Waals surface area contributed by atoms with E-state index in [0.29, 0.717) is 11.8 Å². The van der Waals surface area contributed by atoms with E-state index in [0.717, 1.165) is 22.4 Å². The lowest BCUT2D eigenvalue weighted by Crippen LogP contribution is -2.02. The van der Waals surface area contributed by atoms with Gasteiger partial charge in [0.15, 0.2) is 0 Å². The van der Waals surface area contributed by atoms with Crippen LogP contribution in [0.15, 0.2) is 54.7 Å². The van der Waals surface area contributed by atoms with Crippen molar-refractivity contribution in [1.82, 2.24) is 9.97 Å². The number of benzene rings is 2. The maximum atomic E-state index is 10.7. The van der Waals surface area contributed by atoms with Crippen LogP contribution >= 0.6 is 0 Å². The number of anilines is 2. The summed E-state index contributed by atoms with van der Waals surface area (Å²) in [5.41, 5.74) is 3.57. The van der Waals surface area contributed by atoms with Crippen LogP contribution in [0.2, 0.25) is 0 Å². The van der Waals surface area contributed by atoms with Crippen molar-refractivity contribution in [1.29, 1.82) is 0 Å². The number of nitrogens with one attached hydrogen (secondary N) is 1. The molecule has 7 nitrogen and oxygen atoms in total. The first-order chi connectivity index (χ1) is 12.5. The lowest BCUT2D eigenvalue weighted by atomic mass is 10.0. The highest BCUT2D eigenvalue weighted by Crippen LogP contribution is 2.28. The number of nitrogens with zero attached hydrogens (tertiary/aromatic N) is 2. The molecule has 3 aromatic rings. The number of hydrogen-bond acceptors (Lipinski definition) is 6. The van der Waals surface area contributed by atoms with E-state index in [4.69, 9.17) is 14.6 Å². The first-order valence-electron chi connectivity index (χ1n) is 7.80. The van der Waals surface area contributed by atoms with Gasteiger partial charge < -0.3 is 19.9 Å². The zero-order valence-corrected chi connectivity index (χ0v) is 14.3. The number of methoxy groups -OCH3 is 1. The van der Waals surface area contributed by atoms with E-state index < -0.39 is 6.16 Å². The minimum absolute atomic E-state index is 0.266. The third-order valence-electron chi connectivity index (χ3n) is 3.55. The molecule has 0 bridgehead atoms. The minimum Gasteiger partial charge on any atom is -0.481 e. The topological polar surface area (TPSA) is 93.6 Å². The fourth-order valence-electron chi connectivity index (χ4n) is 2.51. The van der Waals surface area contributed by atoms with Gasteiger partial charge >= 0.3 is 6.16 Å². The summed E-state index contributed by atoms with van der Waals surface area (Å²) in [5, 5.41) is 11.9. The third kappa shape index (κ3) is 4.27. The highest BCUT2D eigenvalue weighted by Gasteiger charge is 2.07. The van der Waals surface area contributed by atoms with Crippen molar-refractivity contribution in [2.45, 2.75) is 6.92 Å². The molecule has 1 heterocycles. The summed E-state index contributed by atoms with van der Waals surface area (Å²) < 4.78 is 9.83. The predicted molar refractivity (Wildman–Crippen MR) is 97.1 cm³/mol. The Kier molecular flexibility index (Phi) is 4.98. The highest BCUT2D eigenvalue weighted by molar-refractivity contribution is 5.72. The van der Waals surface area contributed by atoms with Crippen molar-refractivity contribution in [2.24, 2.45) is 0 Å². The molecule has 0 saturated carbocycles. The van der Waals surface area contributed by atoms with Crippen molar-refractivity contribution in [2.75, 3.05) is 12.4 Å². The maximum Gasteiger partial charge on any atom is 0.511 e. The van der Waals surface area contributed by atoms with Gasteiger partial charge in [0.25, 0.3) is 0 Å². The number of ether oxygens (including phenoxy) is 2. The summed E-state index contributed by atoms with van der Waals surface area (Å²) >= 11 is 0. The van der Waals surface area contributed by atoms with Gasteiger partial charge in [-0.3, -0.25) is 0 Å². The second-order valence-corrected chi connectivity index (χ2v) is 5.53. The second-order valence-electron chi connectivity index (χ2n) is 5.53. The molecule has 0 aliphatic carbocycles. The van der Waals surface area contributed by atoms with Gasteiger partial charge in [0.2, 0.25) is 11.8 Å². The van der Waals surface area contributed by atoms with Gasteiger partial charge in [-0.2, -0.15) is 4.98 Å². The van der Waals surface area contributed by atoms with Gasteiger partial charge in [0, 0.05) is 18.0 Å². The Balaban J connectivity index is 1.91. The lowest BCUT2D eigenvalue weighted by molar-refractivity contribution is 0.144. The summed E-state index contributed by atoms with van der Waals surface area (Å²) in [6, 6.07) is 14.5. The van der Waals surface area contributed by atoms with Crippen molar-refractivity contribution in [3.63, 3.8) is 0 Å². The Bertz CT molecular complexity index is 944. The first-order valence-corrected chi connectivity index (χ1v) is 7.80. The van der Waals surface area contributed by atoms with Crippen molar-refractivity contribution in [3.8, 4) is 22.8 Å². The average Bonchev–Trinajstić information content (AvgIpc) is 2.61. The Morgan fingerprint density at radius 2 is 1.96 bits per heavy atom. The van der Waals surface area contributed by atoms with Gasteiger partial charge in [0.05, 0.1) is 7.11 Å². The molecule has 0 atom stereocenters. The Morgan fingerprint density at radius 1 is 1.12 bits per heavy atom. The summed E-state index contributed by atoms with van der Waals surface area (Å²) in [5.74, 6) is 1.15. The standard InChI is InChI=1S/C19H17N3O4/c1-12-8-14(13-4-3-5-16(11-13)26-19(23)24)10-15(9-12)21-18-20-7-6-17(22-18)25-2/h3-11H,1-2H3,(H,23,24)(H,20,21,22). The summed E-state index contributed by atoms with van der Waals surface area (Å²) in [6.07, 6.45) is 0.265. The largest absolute Gasteiger partial charge is 0.511 e. The first kappa shape index (κ1) is 17.2. The van der Waals surface area contributed by atoms with E-state index >= 15 is 0 Å². The molecule has 0 amide bonds. The summed E-state index contributed by atoms with van der Waals surface area (Å²) in [6.45, 7) is 1.97. The van der Waals surface area contributed by atoms with Crippen LogP contribution in [-0.2, 0) is 0 Å². The molecular formula is C19H17N3O4. The van der Waals surface area contributed by atoms with Crippen molar-refractivity contribution < 1.29 is 19.4 Å².